The second-order valence-corrected chi connectivity index (χ2v) is 11.0. The molecule has 0 bridgehead atoms. The van der Waals surface area contributed by atoms with Gasteiger partial charge in [0.25, 0.3) is 0 Å². The Morgan fingerprint density at radius 2 is 1.55 bits per heavy atom. The average molecular weight is 490 g/mol. The number of nitrogens with two attached hydrogens (primary N) is 1. The number of nitrogens with one attached hydrogen (secondary N) is 2. The van der Waals surface area contributed by atoms with E-state index in [1.807, 2.05) is 12.1 Å². The van der Waals surface area contributed by atoms with E-state index in [0.29, 0.717) is 23.2 Å². The number of amides is 1. The van der Waals surface area contributed by atoms with Gasteiger partial charge in [-0.2, -0.15) is 0 Å². The van der Waals surface area contributed by atoms with Gasteiger partial charge in [-0.1, -0.05) is 12.1 Å². The maximum Gasteiger partial charge on any atom is 0.229 e. The highest BCUT2D eigenvalue weighted by Crippen LogP contribution is 2.33. The summed E-state index contributed by atoms with van der Waals surface area (Å²) in [5.74, 6) is -0.474. The van der Waals surface area contributed by atoms with Gasteiger partial charge in [-0.3, -0.25) is 24.2 Å². The van der Waals surface area contributed by atoms with E-state index in [1.165, 1.54) is 6.07 Å². The molecular weight excluding hydrogens is 466 g/mol. The van der Waals surface area contributed by atoms with Crippen molar-refractivity contribution in [2.45, 2.75) is 12.8 Å². The molecule has 3 rings (SSSR count). The summed E-state index contributed by atoms with van der Waals surface area (Å²) in [4.78, 5) is 19.8. The molecule has 4 N–H and O–H groups in total. The Kier molecular flexibility index (Phi) is 6.98. The van der Waals surface area contributed by atoms with Gasteiger partial charge >= 0.3 is 0 Å². The van der Waals surface area contributed by atoms with Gasteiger partial charge in [0.1, 0.15) is 0 Å². The molecular formula is C21H23N5O5S2. The van der Waals surface area contributed by atoms with Crippen molar-refractivity contribution in [2.24, 2.45) is 5.73 Å². The van der Waals surface area contributed by atoms with Gasteiger partial charge in [0.05, 0.1) is 35.8 Å². The molecule has 0 spiro atoms. The van der Waals surface area contributed by atoms with Gasteiger partial charge in [0.2, 0.25) is 26.0 Å². The summed E-state index contributed by atoms with van der Waals surface area (Å²) < 4.78 is 51.8. The number of hydrogen-bond acceptors (Lipinski definition) is 7. The fourth-order valence-electron chi connectivity index (χ4n) is 3.28. The molecule has 1 heterocycles. The van der Waals surface area contributed by atoms with Crippen molar-refractivity contribution in [2.75, 3.05) is 22.0 Å². The maximum atomic E-state index is 11.8. The molecule has 1 amide bonds. The van der Waals surface area contributed by atoms with E-state index >= 15 is 0 Å². The lowest BCUT2D eigenvalue weighted by molar-refractivity contribution is -0.117. The van der Waals surface area contributed by atoms with Gasteiger partial charge in [-0.05, 0) is 47.4 Å². The summed E-state index contributed by atoms with van der Waals surface area (Å²) in [6.45, 7) is 0. The van der Waals surface area contributed by atoms with Crippen LogP contribution in [0, 0.1) is 0 Å². The zero-order valence-corrected chi connectivity index (χ0v) is 19.6. The van der Waals surface area contributed by atoms with Crippen LogP contribution in [0.2, 0.25) is 0 Å². The van der Waals surface area contributed by atoms with E-state index in [4.69, 9.17) is 5.73 Å². The van der Waals surface area contributed by atoms with Crippen LogP contribution in [0.1, 0.15) is 12.0 Å². The number of aryl methyl sites for hydroxylation is 1. The molecule has 0 aliphatic heterocycles. The summed E-state index contributed by atoms with van der Waals surface area (Å²) in [6.07, 6.45) is 7.13. The number of aromatic nitrogens is 2. The minimum absolute atomic E-state index is 0.0899. The lowest BCUT2D eigenvalue weighted by Crippen LogP contribution is -2.13. The number of carbonyl (C=O) groups excluding carboxylic acids is 1. The van der Waals surface area contributed by atoms with Gasteiger partial charge in [0, 0.05) is 24.4 Å². The number of hydrogen-bond donors (Lipinski definition) is 3. The SMILES string of the molecule is CS(=O)(=O)Nc1cc(NS(C)(=O)=O)cc(-c2ccc(-c3cnccn3)cc2CCC(N)=O)c1. The molecule has 12 heteroatoms. The Labute approximate surface area is 192 Å². The van der Waals surface area contributed by atoms with E-state index in [1.54, 1.807) is 36.8 Å². The van der Waals surface area contributed by atoms with Crippen molar-refractivity contribution in [3.8, 4) is 22.4 Å². The van der Waals surface area contributed by atoms with Gasteiger partial charge in [-0.25, -0.2) is 16.8 Å². The molecule has 0 atom stereocenters. The third-order valence-electron chi connectivity index (χ3n) is 4.46. The van der Waals surface area contributed by atoms with Crippen molar-refractivity contribution in [1.29, 1.82) is 0 Å². The molecule has 3 aromatic rings. The molecule has 0 saturated carbocycles. The van der Waals surface area contributed by atoms with Crippen LogP contribution in [0.4, 0.5) is 11.4 Å². The number of benzene rings is 2. The second-order valence-electron chi connectivity index (χ2n) is 7.48. The summed E-state index contributed by atoms with van der Waals surface area (Å²) in [6, 6.07) is 10.0. The van der Waals surface area contributed by atoms with Crippen molar-refractivity contribution < 1.29 is 21.6 Å². The maximum absolute atomic E-state index is 11.8. The average Bonchev–Trinajstić information content (AvgIpc) is 2.70. The number of primary amides is 1. The lowest BCUT2D eigenvalue weighted by atomic mass is 9.93. The predicted octanol–water partition coefficient (Wildman–Crippen LogP) is 1.97. The Bertz CT molecular complexity index is 1340. The molecule has 33 heavy (non-hydrogen) atoms. The van der Waals surface area contributed by atoms with Gasteiger partial charge in [-0.15, -0.1) is 0 Å². The third-order valence-corrected chi connectivity index (χ3v) is 5.67. The molecule has 0 aliphatic rings. The fraction of sp³-hybridized carbons (Fsp3) is 0.190. The Morgan fingerprint density at radius 3 is 2.06 bits per heavy atom. The molecule has 0 fully saturated rings. The van der Waals surface area contributed by atoms with Crippen molar-refractivity contribution in [3.63, 3.8) is 0 Å². The minimum Gasteiger partial charge on any atom is -0.370 e. The lowest BCUT2D eigenvalue weighted by Gasteiger charge is -2.15. The molecule has 0 radical (unpaired) electrons. The van der Waals surface area contributed by atoms with Gasteiger partial charge in [0.15, 0.2) is 0 Å². The Balaban J connectivity index is 2.16. The normalized spacial score (nSPS) is 11.7. The topological polar surface area (TPSA) is 161 Å². The van der Waals surface area contributed by atoms with E-state index in [9.17, 15) is 21.6 Å². The summed E-state index contributed by atoms with van der Waals surface area (Å²) in [7, 11) is -7.23. The zero-order chi connectivity index (χ0) is 24.2. The third kappa shape index (κ3) is 7.26. The van der Waals surface area contributed by atoms with Crippen LogP contribution < -0.4 is 15.2 Å². The van der Waals surface area contributed by atoms with Crippen LogP contribution in [0.5, 0.6) is 0 Å². The zero-order valence-electron chi connectivity index (χ0n) is 17.9. The first-order chi connectivity index (χ1) is 15.4. The predicted molar refractivity (Wildman–Crippen MR) is 127 cm³/mol. The molecule has 174 valence electrons. The number of nitrogens with zero attached hydrogens (tertiary/aromatic N) is 2. The van der Waals surface area contributed by atoms with Crippen molar-refractivity contribution >= 4 is 37.3 Å². The Hall–Kier alpha value is -3.51. The van der Waals surface area contributed by atoms with Gasteiger partial charge < -0.3 is 5.73 Å². The molecule has 0 saturated heterocycles. The molecule has 1 aromatic heterocycles. The van der Waals surface area contributed by atoms with E-state index < -0.39 is 26.0 Å². The first kappa shape index (κ1) is 24.1. The molecule has 10 nitrogen and oxygen atoms in total. The quantitative estimate of drug-likeness (QED) is 0.414. The highest BCUT2D eigenvalue weighted by molar-refractivity contribution is 7.92. The van der Waals surface area contributed by atoms with Crippen molar-refractivity contribution in [1.82, 2.24) is 9.97 Å². The first-order valence-electron chi connectivity index (χ1n) is 9.68. The number of rotatable bonds is 9. The van der Waals surface area contributed by atoms with E-state index in [2.05, 4.69) is 19.4 Å². The summed E-state index contributed by atoms with van der Waals surface area (Å²) in [5.41, 5.74) is 9.09. The molecule has 0 unspecified atom stereocenters. The highest BCUT2D eigenvalue weighted by atomic mass is 32.2. The minimum atomic E-state index is -3.61. The number of anilines is 2. The fourth-order valence-corrected chi connectivity index (χ4v) is 4.37. The highest BCUT2D eigenvalue weighted by Gasteiger charge is 2.14. The van der Waals surface area contributed by atoms with Crippen LogP contribution in [-0.2, 0) is 31.3 Å². The van der Waals surface area contributed by atoms with Crippen LogP contribution in [0.15, 0.2) is 55.0 Å². The molecule has 0 aliphatic carbocycles. The van der Waals surface area contributed by atoms with Crippen LogP contribution in [0.25, 0.3) is 22.4 Å². The van der Waals surface area contributed by atoms with Crippen LogP contribution in [-0.4, -0.2) is 45.2 Å². The summed E-state index contributed by atoms with van der Waals surface area (Å²) >= 11 is 0. The monoisotopic (exact) mass is 489 g/mol. The molecule has 2 aromatic carbocycles. The Morgan fingerprint density at radius 1 is 0.909 bits per heavy atom. The number of sulfonamides is 2. The number of carbonyl (C=O) groups is 1. The largest absolute Gasteiger partial charge is 0.370 e. The van der Waals surface area contributed by atoms with E-state index in [0.717, 1.165) is 23.6 Å². The van der Waals surface area contributed by atoms with Crippen LogP contribution in [0.3, 0.4) is 0 Å². The van der Waals surface area contributed by atoms with Crippen LogP contribution >= 0.6 is 0 Å². The summed E-state index contributed by atoms with van der Waals surface area (Å²) in [5, 5.41) is 0. The second kappa shape index (κ2) is 9.55. The van der Waals surface area contributed by atoms with Crippen molar-refractivity contribution in [3.05, 3.63) is 60.6 Å². The smallest absolute Gasteiger partial charge is 0.229 e. The standard InChI is InChI=1S/C21H23N5O5S2/c1-32(28,29)25-17-10-16(11-18(12-17)26-33(2,30)31)19-5-3-15(20-13-23-7-8-24-20)9-14(19)4-6-21(22)27/h3,5,7-13,25-26H,4,6H2,1-2H3,(H2,22,27). The van der Waals surface area contributed by atoms with E-state index in [-0.39, 0.29) is 17.8 Å². The first-order valence-corrected chi connectivity index (χ1v) is 13.5.